The Labute approximate surface area is 226 Å². The molecule has 8 heteroatoms. The third-order valence-corrected chi connectivity index (χ3v) is 6.48. The summed E-state index contributed by atoms with van der Waals surface area (Å²) >= 11 is 0. The Balaban J connectivity index is 1.79. The van der Waals surface area contributed by atoms with E-state index < -0.39 is 6.04 Å². The molecule has 0 saturated carbocycles. The molecule has 3 rings (SSSR count). The number of benzene rings is 1. The van der Waals surface area contributed by atoms with E-state index in [-0.39, 0.29) is 36.4 Å². The van der Waals surface area contributed by atoms with Crippen LogP contribution < -0.4 is 10.1 Å². The minimum absolute atomic E-state index is 0.0563. The number of hydrogen-bond acceptors (Lipinski definition) is 6. The number of nitrogens with one attached hydrogen (secondary N) is 1. The lowest BCUT2D eigenvalue weighted by atomic mass is 9.98. The van der Waals surface area contributed by atoms with E-state index in [0.717, 1.165) is 44.9 Å². The van der Waals surface area contributed by atoms with Gasteiger partial charge in [0, 0.05) is 17.5 Å². The molecule has 2 aromatic heterocycles. The molecule has 1 unspecified atom stereocenters. The number of aryl methyl sites for hydroxylation is 3. The van der Waals surface area contributed by atoms with Crippen LogP contribution >= 0.6 is 0 Å². The summed E-state index contributed by atoms with van der Waals surface area (Å²) < 4.78 is 12.9. The molecule has 0 fully saturated rings. The number of amides is 1. The van der Waals surface area contributed by atoms with Crippen molar-refractivity contribution in [2.75, 3.05) is 6.61 Å². The standard InChI is InChI=1S/C30H42N4O4/c1-10-37-27(36)17-25(22-11-13-23(14-12-22)38-18(2)3)32-26(35)16-15-24-19(4)28-21(6)33-34(30(7,8)9)29(28)31-20(24)5/h11-14,18,25H,10,15-17H2,1-9H3,(H,32,35). The first-order valence-electron chi connectivity index (χ1n) is 13.4. The fourth-order valence-electron chi connectivity index (χ4n) is 4.74. The second-order valence-corrected chi connectivity index (χ2v) is 11.0. The minimum Gasteiger partial charge on any atom is -0.491 e. The molecule has 0 radical (unpaired) electrons. The Bertz CT molecular complexity index is 1290. The van der Waals surface area contributed by atoms with Gasteiger partial charge in [-0.1, -0.05) is 12.1 Å². The number of pyridine rings is 1. The average Bonchev–Trinajstić information content (AvgIpc) is 3.15. The molecule has 0 aliphatic carbocycles. The van der Waals surface area contributed by atoms with Crippen molar-refractivity contribution in [3.63, 3.8) is 0 Å². The van der Waals surface area contributed by atoms with Crippen molar-refractivity contribution in [2.24, 2.45) is 0 Å². The molecule has 0 spiro atoms. The molecular formula is C30H42N4O4. The molecule has 8 nitrogen and oxygen atoms in total. The number of nitrogens with zero attached hydrogens (tertiary/aromatic N) is 3. The fourth-order valence-corrected chi connectivity index (χ4v) is 4.74. The monoisotopic (exact) mass is 522 g/mol. The summed E-state index contributed by atoms with van der Waals surface area (Å²) in [5, 5.41) is 8.85. The molecule has 206 valence electrons. The molecular weight excluding hydrogens is 480 g/mol. The van der Waals surface area contributed by atoms with Gasteiger partial charge in [0.15, 0.2) is 5.65 Å². The van der Waals surface area contributed by atoms with Gasteiger partial charge in [-0.05, 0) is 97.6 Å². The first kappa shape index (κ1) is 29.1. The highest BCUT2D eigenvalue weighted by Crippen LogP contribution is 2.30. The van der Waals surface area contributed by atoms with Gasteiger partial charge in [0.2, 0.25) is 5.91 Å². The highest BCUT2D eigenvalue weighted by molar-refractivity contribution is 5.84. The summed E-state index contributed by atoms with van der Waals surface area (Å²) in [6.07, 6.45) is 0.929. The Morgan fingerprint density at radius 2 is 1.71 bits per heavy atom. The second kappa shape index (κ2) is 12.0. The van der Waals surface area contributed by atoms with Crippen LogP contribution in [0.5, 0.6) is 5.75 Å². The summed E-state index contributed by atoms with van der Waals surface area (Å²) in [5.74, 6) is 0.250. The van der Waals surface area contributed by atoms with Crippen molar-refractivity contribution >= 4 is 22.9 Å². The van der Waals surface area contributed by atoms with Crippen molar-refractivity contribution in [3.05, 3.63) is 52.3 Å². The molecule has 0 bridgehead atoms. The predicted octanol–water partition coefficient (Wildman–Crippen LogP) is 5.64. The van der Waals surface area contributed by atoms with Crippen molar-refractivity contribution in [1.82, 2.24) is 20.1 Å². The maximum absolute atomic E-state index is 13.1. The molecule has 1 amide bonds. The van der Waals surface area contributed by atoms with Crippen LogP contribution in [0.15, 0.2) is 24.3 Å². The predicted molar refractivity (Wildman–Crippen MR) is 149 cm³/mol. The lowest BCUT2D eigenvalue weighted by Crippen LogP contribution is -2.31. The van der Waals surface area contributed by atoms with Crippen LogP contribution in [0.3, 0.4) is 0 Å². The first-order chi connectivity index (χ1) is 17.8. The molecule has 2 heterocycles. The van der Waals surface area contributed by atoms with E-state index in [4.69, 9.17) is 19.6 Å². The number of esters is 1. The Kier molecular flexibility index (Phi) is 9.18. The first-order valence-corrected chi connectivity index (χ1v) is 13.4. The number of hydrogen-bond donors (Lipinski definition) is 1. The van der Waals surface area contributed by atoms with E-state index in [0.29, 0.717) is 13.0 Å². The van der Waals surface area contributed by atoms with Crippen molar-refractivity contribution in [1.29, 1.82) is 0 Å². The van der Waals surface area contributed by atoms with Crippen LogP contribution in [-0.2, 0) is 26.3 Å². The number of carbonyl (C=O) groups is 2. The molecule has 3 aromatic rings. The van der Waals surface area contributed by atoms with Crippen LogP contribution in [-0.4, -0.2) is 39.4 Å². The number of carbonyl (C=O) groups excluding carboxylic acids is 2. The van der Waals surface area contributed by atoms with E-state index >= 15 is 0 Å². The molecule has 1 aromatic carbocycles. The summed E-state index contributed by atoms with van der Waals surface area (Å²) in [4.78, 5) is 30.3. The maximum Gasteiger partial charge on any atom is 0.308 e. The van der Waals surface area contributed by atoms with Crippen LogP contribution in [0, 0.1) is 20.8 Å². The lowest BCUT2D eigenvalue weighted by Gasteiger charge is -2.21. The quantitative estimate of drug-likeness (QED) is 0.346. The van der Waals surface area contributed by atoms with Crippen molar-refractivity contribution < 1.29 is 19.1 Å². The number of aromatic nitrogens is 3. The van der Waals surface area contributed by atoms with Crippen LogP contribution in [0.2, 0.25) is 0 Å². The van der Waals surface area contributed by atoms with E-state index in [2.05, 4.69) is 33.0 Å². The van der Waals surface area contributed by atoms with Crippen LogP contribution in [0.4, 0.5) is 0 Å². The Hall–Kier alpha value is -3.42. The normalized spacial score (nSPS) is 12.6. The average molecular weight is 523 g/mol. The van der Waals surface area contributed by atoms with E-state index in [1.54, 1.807) is 6.92 Å². The van der Waals surface area contributed by atoms with Crippen molar-refractivity contribution in [2.45, 2.75) is 99.3 Å². The van der Waals surface area contributed by atoms with Gasteiger partial charge >= 0.3 is 5.97 Å². The van der Waals surface area contributed by atoms with E-state index in [1.165, 1.54) is 0 Å². The summed E-state index contributed by atoms with van der Waals surface area (Å²) in [5.41, 5.74) is 5.51. The SMILES string of the molecule is CCOC(=O)CC(NC(=O)CCc1c(C)nc2c(c(C)nn2C(C)(C)C)c1C)c1ccc(OC(C)C)cc1. The Morgan fingerprint density at radius 1 is 1.05 bits per heavy atom. The van der Waals surface area contributed by atoms with Gasteiger partial charge in [-0.3, -0.25) is 9.59 Å². The molecule has 0 aliphatic heterocycles. The van der Waals surface area contributed by atoms with Crippen LogP contribution in [0.1, 0.15) is 88.5 Å². The molecule has 0 aliphatic rings. The number of fused-ring (bicyclic) bond motifs is 1. The number of ether oxygens (including phenoxy) is 2. The molecule has 1 atom stereocenters. The van der Waals surface area contributed by atoms with Gasteiger partial charge in [0.1, 0.15) is 5.75 Å². The Morgan fingerprint density at radius 3 is 2.29 bits per heavy atom. The lowest BCUT2D eigenvalue weighted by molar-refractivity contribution is -0.143. The smallest absolute Gasteiger partial charge is 0.308 e. The third kappa shape index (κ3) is 6.91. The molecule has 0 saturated heterocycles. The zero-order valence-corrected chi connectivity index (χ0v) is 24.3. The highest BCUT2D eigenvalue weighted by Gasteiger charge is 2.24. The summed E-state index contributed by atoms with van der Waals surface area (Å²) in [7, 11) is 0. The van der Waals surface area contributed by atoms with Gasteiger partial charge < -0.3 is 14.8 Å². The maximum atomic E-state index is 13.1. The third-order valence-electron chi connectivity index (χ3n) is 6.48. The van der Waals surface area contributed by atoms with Gasteiger partial charge in [-0.25, -0.2) is 9.67 Å². The summed E-state index contributed by atoms with van der Waals surface area (Å²) in [6, 6.07) is 6.97. The van der Waals surface area contributed by atoms with E-state index in [1.807, 2.05) is 56.6 Å². The highest BCUT2D eigenvalue weighted by atomic mass is 16.5. The molecule has 1 N–H and O–H groups in total. The fraction of sp³-hybridized carbons (Fsp3) is 0.533. The van der Waals surface area contributed by atoms with Gasteiger partial charge in [-0.2, -0.15) is 5.10 Å². The second-order valence-electron chi connectivity index (χ2n) is 11.0. The minimum atomic E-state index is -0.496. The number of rotatable bonds is 10. The van der Waals surface area contributed by atoms with Crippen molar-refractivity contribution in [3.8, 4) is 5.75 Å². The van der Waals surface area contributed by atoms with Gasteiger partial charge in [0.25, 0.3) is 0 Å². The van der Waals surface area contributed by atoms with Crippen LogP contribution in [0.25, 0.3) is 11.0 Å². The summed E-state index contributed by atoms with van der Waals surface area (Å²) in [6.45, 7) is 18.4. The zero-order chi connectivity index (χ0) is 28.2. The van der Waals surface area contributed by atoms with E-state index in [9.17, 15) is 9.59 Å². The molecule has 38 heavy (non-hydrogen) atoms. The largest absolute Gasteiger partial charge is 0.491 e. The van der Waals surface area contributed by atoms with Gasteiger partial charge in [0.05, 0.1) is 36.4 Å². The topological polar surface area (TPSA) is 95.3 Å². The zero-order valence-electron chi connectivity index (χ0n) is 24.3. The van der Waals surface area contributed by atoms with Gasteiger partial charge in [-0.15, -0.1) is 0 Å².